The highest BCUT2D eigenvalue weighted by atomic mass is 14.9. The molecule has 0 bridgehead atoms. The van der Waals surface area contributed by atoms with Crippen LogP contribution < -0.4 is 5.32 Å². The average molecular weight is 201 g/mol. The van der Waals surface area contributed by atoms with Crippen molar-refractivity contribution in [2.24, 2.45) is 0 Å². The van der Waals surface area contributed by atoms with E-state index in [9.17, 15) is 0 Å². The van der Waals surface area contributed by atoms with Crippen molar-refractivity contribution in [1.29, 1.82) is 0 Å². The van der Waals surface area contributed by atoms with Crippen molar-refractivity contribution in [2.75, 3.05) is 6.54 Å². The average Bonchev–Trinajstić information content (AvgIpc) is 2.82. The molecule has 0 radical (unpaired) electrons. The summed E-state index contributed by atoms with van der Waals surface area (Å²) in [6.07, 6.45) is 6.56. The number of benzene rings is 1. The fourth-order valence-electron chi connectivity index (χ4n) is 3.15. The van der Waals surface area contributed by atoms with Gasteiger partial charge in [-0.2, -0.15) is 0 Å². The number of fused-ring (bicyclic) bond motifs is 2. The Morgan fingerprint density at radius 2 is 1.93 bits per heavy atom. The molecule has 1 N–H and O–H groups in total. The molecule has 1 atom stereocenters. The van der Waals surface area contributed by atoms with Crippen LogP contribution in [0.3, 0.4) is 0 Å². The maximum absolute atomic E-state index is 3.59. The van der Waals surface area contributed by atoms with E-state index < -0.39 is 0 Å². The van der Waals surface area contributed by atoms with Crippen LogP contribution in [0.5, 0.6) is 0 Å². The minimum atomic E-state index is 0.635. The van der Waals surface area contributed by atoms with Crippen LogP contribution in [-0.2, 0) is 19.3 Å². The highest BCUT2D eigenvalue weighted by Gasteiger charge is 2.24. The van der Waals surface area contributed by atoms with Crippen LogP contribution in [-0.4, -0.2) is 6.54 Å². The van der Waals surface area contributed by atoms with Gasteiger partial charge in [-0.15, -0.1) is 0 Å². The van der Waals surface area contributed by atoms with Gasteiger partial charge in [-0.3, -0.25) is 0 Å². The summed E-state index contributed by atoms with van der Waals surface area (Å²) in [7, 11) is 0. The Morgan fingerprint density at radius 3 is 2.73 bits per heavy atom. The molecule has 2 aliphatic rings. The summed E-state index contributed by atoms with van der Waals surface area (Å²) in [4.78, 5) is 0. The predicted octanol–water partition coefficient (Wildman–Crippen LogP) is 2.77. The predicted molar refractivity (Wildman–Crippen MR) is 63.2 cm³/mol. The summed E-state index contributed by atoms with van der Waals surface area (Å²) < 4.78 is 0. The number of rotatable bonds is 2. The first kappa shape index (κ1) is 9.41. The quantitative estimate of drug-likeness (QED) is 0.776. The monoisotopic (exact) mass is 201 g/mol. The number of aryl methyl sites for hydroxylation is 3. The smallest absolute Gasteiger partial charge is 0.0326 e. The third-order valence-corrected chi connectivity index (χ3v) is 3.88. The molecule has 0 heterocycles. The van der Waals surface area contributed by atoms with E-state index in [1.807, 2.05) is 0 Å². The number of hydrogen-bond donors (Lipinski definition) is 1. The van der Waals surface area contributed by atoms with Gasteiger partial charge in [0.15, 0.2) is 0 Å². The van der Waals surface area contributed by atoms with Crippen molar-refractivity contribution in [3.63, 3.8) is 0 Å². The van der Waals surface area contributed by atoms with Crippen molar-refractivity contribution in [3.05, 3.63) is 34.4 Å². The molecule has 80 valence electrons. The largest absolute Gasteiger partial charge is 0.310 e. The molecule has 15 heavy (non-hydrogen) atoms. The molecule has 0 aromatic heterocycles. The first-order valence-corrected chi connectivity index (χ1v) is 6.26. The van der Waals surface area contributed by atoms with Gasteiger partial charge in [0, 0.05) is 6.04 Å². The lowest BCUT2D eigenvalue weighted by molar-refractivity contribution is 0.549. The zero-order chi connectivity index (χ0) is 10.3. The van der Waals surface area contributed by atoms with Crippen molar-refractivity contribution in [1.82, 2.24) is 5.32 Å². The molecule has 1 nitrogen and oxygen atoms in total. The Bertz CT molecular complexity index is 381. The summed E-state index contributed by atoms with van der Waals surface area (Å²) >= 11 is 0. The Morgan fingerprint density at radius 1 is 1.13 bits per heavy atom. The lowest BCUT2D eigenvalue weighted by Gasteiger charge is -2.13. The molecule has 1 heteroatoms. The van der Waals surface area contributed by atoms with Crippen LogP contribution in [0.15, 0.2) is 12.1 Å². The topological polar surface area (TPSA) is 12.0 Å². The van der Waals surface area contributed by atoms with Gasteiger partial charge in [-0.25, -0.2) is 0 Å². The number of nitrogens with one attached hydrogen (secondary N) is 1. The van der Waals surface area contributed by atoms with Crippen molar-refractivity contribution >= 4 is 0 Å². The Balaban J connectivity index is 1.98. The summed E-state index contributed by atoms with van der Waals surface area (Å²) in [5.74, 6) is 0. The second-order valence-electron chi connectivity index (χ2n) is 4.82. The summed E-state index contributed by atoms with van der Waals surface area (Å²) in [5.41, 5.74) is 6.46. The highest BCUT2D eigenvalue weighted by Crippen LogP contribution is 2.35. The van der Waals surface area contributed by atoms with E-state index in [1.165, 1.54) is 32.1 Å². The standard InChI is InChI=1S/C14H19N/c1-2-15-14-7-6-12-8-10-4-3-5-11(10)9-13(12)14/h8-9,14-15H,2-7H2,1H3. The molecule has 0 aliphatic heterocycles. The first-order chi connectivity index (χ1) is 7.38. The van der Waals surface area contributed by atoms with E-state index in [-0.39, 0.29) is 0 Å². The van der Waals surface area contributed by atoms with Gasteiger partial charge in [0.25, 0.3) is 0 Å². The van der Waals surface area contributed by atoms with E-state index >= 15 is 0 Å². The molecule has 1 aromatic rings. The highest BCUT2D eigenvalue weighted by molar-refractivity contribution is 5.44. The molecule has 3 rings (SSSR count). The molecule has 0 saturated heterocycles. The fourth-order valence-corrected chi connectivity index (χ4v) is 3.15. The molecule has 2 aliphatic carbocycles. The van der Waals surface area contributed by atoms with E-state index in [4.69, 9.17) is 0 Å². The summed E-state index contributed by atoms with van der Waals surface area (Å²) in [6, 6.07) is 5.60. The summed E-state index contributed by atoms with van der Waals surface area (Å²) in [6.45, 7) is 3.28. The lowest BCUT2D eigenvalue weighted by atomic mass is 10.0. The Labute approximate surface area is 91.9 Å². The minimum absolute atomic E-state index is 0.635. The Hall–Kier alpha value is -0.820. The third kappa shape index (κ3) is 1.50. The van der Waals surface area contributed by atoms with Gasteiger partial charge in [-0.05, 0) is 60.9 Å². The molecular formula is C14H19N. The van der Waals surface area contributed by atoms with Gasteiger partial charge < -0.3 is 5.32 Å². The van der Waals surface area contributed by atoms with Gasteiger partial charge >= 0.3 is 0 Å². The van der Waals surface area contributed by atoms with E-state index in [1.54, 1.807) is 22.3 Å². The van der Waals surface area contributed by atoms with Crippen molar-refractivity contribution in [3.8, 4) is 0 Å². The van der Waals surface area contributed by atoms with Gasteiger partial charge in [-0.1, -0.05) is 19.1 Å². The van der Waals surface area contributed by atoms with Gasteiger partial charge in [0.1, 0.15) is 0 Å². The molecule has 1 unspecified atom stereocenters. The second kappa shape index (κ2) is 3.64. The Kier molecular flexibility index (Phi) is 2.28. The van der Waals surface area contributed by atoms with Crippen LogP contribution in [0.1, 0.15) is 48.1 Å². The molecule has 0 spiro atoms. The van der Waals surface area contributed by atoms with Crippen molar-refractivity contribution < 1.29 is 0 Å². The van der Waals surface area contributed by atoms with Crippen LogP contribution in [0.4, 0.5) is 0 Å². The second-order valence-corrected chi connectivity index (χ2v) is 4.82. The van der Waals surface area contributed by atoms with Crippen molar-refractivity contribution in [2.45, 2.75) is 45.1 Å². The summed E-state index contributed by atoms with van der Waals surface area (Å²) in [5, 5.41) is 3.59. The van der Waals surface area contributed by atoms with E-state index in [0.29, 0.717) is 6.04 Å². The molecule has 0 amide bonds. The molecular weight excluding hydrogens is 182 g/mol. The SMILES string of the molecule is CCNC1CCc2cc3c(cc21)CCC3. The molecule has 1 aromatic carbocycles. The van der Waals surface area contributed by atoms with Crippen LogP contribution in [0.2, 0.25) is 0 Å². The zero-order valence-electron chi connectivity index (χ0n) is 9.47. The van der Waals surface area contributed by atoms with E-state index in [0.717, 1.165) is 6.54 Å². The van der Waals surface area contributed by atoms with Gasteiger partial charge in [0.05, 0.1) is 0 Å². The third-order valence-electron chi connectivity index (χ3n) is 3.88. The molecule has 0 saturated carbocycles. The maximum Gasteiger partial charge on any atom is 0.0326 e. The van der Waals surface area contributed by atoms with Crippen LogP contribution in [0, 0.1) is 0 Å². The maximum atomic E-state index is 3.59. The van der Waals surface area contributed by atoms with Crippen LogP contribution >= 0.6 is 0 Å². The number of hydrogen-bond acceptors (Lipinski definition) is 1. The van der Waals surface area contributed by atoms with Gasteiger partial charge in [0.2, 0.25) is 0 Å². The minimum Gasteiger partial charge on any atom is -0.310 e. The van der Waals surface area contributed by atoms with Crippen LogP contribution in [0.25, 0.3) is 0 Å². The normalized spacial score (nSPS) is 22.9. The lowest BCUT2D eigenvalue weighted by Crippen LogP contribution is -2.18. The zero-order valence-corrected chi connectivity index (χ0v) is 9.47. The fraction of sp³-hybridized carbons (Fsp3) is 0.571. The first-order valence-electron chi connectivity index (χ1n) is 6.26. The van der Waals surface area contributed by atoms with E-state index in [2.05, 4.69) is 24.4 Å². The molecule has 0 fully saturated rings.